The normalized spacial score (nSPS) is 12.8. The molecule has 1 heterocycles. The number of halogens is 2. The molecule has 0 amide bonds. The van der Waals surface area contributed by atoms with Gasteiger partial charge in [-0.25, -0.2) is 4.98 Å². The summed E-state index contributed by atoms with van der Waals surface area (Å²) in [7, 11) is 0. The average Bonchev–Trinajstić information content (AvgIpc) is 2.80. The first kappa shape index (κ1) is 14.4. The predicted octanol–water partition coefficient (Wildman–Crippen LogP) is 5.60. The highest BCUT2D eigenvalue weighted by molar-refractivity contribution is 6.30. The summed E-state index contributed by atoms with van der Waals surface area (Å²) >= 11 is 12.5. The van der Waals surface area contributed by atoms with E-state index in [9.17, 15) is 0 Å². The summed E-state index contributed by atoms with van der Waals surface area (Å²) in [5, 5.41) is 0.522. The third-order valence-electron chi connectivity index (χ3n) is 3.60. The highest BCUT2D eigenvalue weighted by atomic mass is 35.5. The van der Waals surface area contributed by atoms with Crippen LogP contribution in [0.3, 0.4) is 0 Å². The summed E-state index contributed by atoms with van der Waals surface area (Å²) in [6.07, 6.45) is 0. The Bertz CT molecular complexity index is 819. The molecule has 3 rings (SSSR count). The molecule has 0 aliphatic carbocycles. The summed E-state index contributed by atoms with van der Waals surface area (Å²) in [6, 6.07) is 12.1. The van der Waals surface area contributed by atoms with E-state index in [1.54, 1.807) is 0 Å². The molecule has 21 heavy (non-hydrogen) atoms. The maximum absolute atomic E-state index is 6.35. The maximum atomic E-state index is 6.35. The summed E-state index contributed by atoms with van der Waals surface area (Å²) in [4.78, 5) is 4.71. The second kappa shape index (κ2) is 5.36. The third kappa shape index (κ3) is 2.54. The van der Waals surface area contributed by atoms with Gasteiger partial charge < -0.3 is 0 Å². The number of aryl methyl sites for hydroxylation is 2. The third-order valence-corrected chi connectivity index (χ3v) is 4.03. The lowest BCUT2D eigenvalue weighted by molar-refractivity contribution is 0.878. The van der Waals surface area contributed by atoms with Crippen LogP contribution in [0.15, 0.2) is 36.4 Å². The van der Waals surface area contributed by atoms with Crippen LogP contribution in [0.1, 0.15) is 29.3 Å². The van der Waals surface area contributed by atoms with Crippen molar-refractivity contribution in [3.63, 3.8) is 0 Å². The SMILES string of the molecule is Cc1ccc2c(c1)nc(C(C)Cl)n2-c1cc(Cl)ccc1C. The van der Waals surface area contributed by atoms with Crippen molar-refractivity contribution >= 4 is 34.2 Å². The van der Waals surface area contributed by atoms with E-state index in [4.69, 9.17) is 28.2 Å². The Morgan fingerprint density at radius 2 is 1.86 bits per heavy atom. The lowest BCUT2D eigenvalue weighted by Gasteiger charge is -2.13. The lowest BCUT2D eigenvalue weighted by Crippen LogP contribution is -2.03. The Labute approximate surface area is 134 Å². The van der Waals surface area contributed by atoms with Crippen molar-refractivity contribution in [2.45, 2.75) is 26.1 Å². The molecule has 1 atom stereocenters. The van der Waals surface area contributed by atoms with Crippen LogP contribution >= 0.6 is 23.2 Å². The molecular formula is C17H16Cl2N2. The zero-order chi connectivity index (χ0) is 15.1. The van der Waals surface area contributed by atoms with Crippen molar-refractivity contribution < 1.29 is 0 Å². The van der Waals surface area contributed by atoms with Gasteiger partial charge in [-0.15, -0.1) is 11.6 Å². The lowest BCUT2D eigenvalue weighted by atomic mass is 10.1. The number of fused-ring (bicyclic) bond motifs is 1. The van der Waals surface area contributed by atoms with Crippen molar-refractivity contribution in [1.82, 2.24) is 9.55 Å². The van der Waals surface area contributed by atoms with E-state index in [0.717, 1.165) is 28.1 Å². The van der Waals surface area contributed by atoms with Gasteiger partial charge in [0.2, 0.25) is 0 Å². The van der Waals surface area contributed by atoms with E-state index >= 15 is 0 Å². The Kier molecular flexibility index (Phi) is 3.68. The fourth-order valence-electron chi connectivity index (χ4n) is 2.55. The number of hydrogen-bond donors (Lipinski definition) is 0. The maximum Gasteiger partial charge on any atom is 0.132 e. The molecule has 0 aliphatic heterocycles. The second-order valence-corrected chi connectivity index (χ2v) is 6.44. The van der Waals surface area contributed by atoms with E-state index in [2.05, 4.69) is 36.6 Å². The first-order valence-corrected chi connectivity index (χ1v) is 7.68. The fraction of sp³-hybridized carbons (Fsp3) is 0.235. The van der Waals surface area contributed by atoms with Crippen LogP contribution in [0.25, 0.3) is 16.7 Å². The van der Waals surface area contributed by atoms with Crippen molar-refractivity contribution in [3.8, 4) is 5.69 Å². The number of hydrogen-bond acceptors (Lipinski definition) is 1. The molecule has 0 saturated carbocycles. The molecular weight excluding hydrogens is 303 g/mol. The number of aromatic nitrogens is 2. The molecule has 1 aromatic heterocycles. The van der Waals surface area contributed by atoms with Crippen molar-refractivity contribution in [2.75, 3.05) is 0 Å². The zero-order valence-electron chi connectivity index (χ0n) is 12.2. The number of rotatable bonds is 2. The number of alkyl halides is 1. The minimum absolute atomic E-state index is 0.184. The van der Waals surface area contributed by atoms with E-state index in [-0.39, 0.29) is 5.38 Å². The van der Waals surface area contributed by atoms with Gasteiger partial charge in [-0.3, -0.25) is 4.57 Å². The molecule has 0 aliphatic rings. The van der Waals surface area contributed by atoms with Crippen LogP contribution in [0, 0.1) is 13.8 Å². The first-order valence-electron chi connectivity index (χ1n) is 6.87. The van der Waals surface area contributed by atoms with Crippen LogP contribution in [0.4, 0.5) is 0 Å². The van der Waals surface area contributed by atoms with Crippen LogP contribution in [0.5, 0.6) is 0 Å². The first-order chi connectivity index (χ1) is 9.97. The molecule has 0 N–H and O–H groups in total. The topological polar surface area (TPSA) is 17.8 Å². The summed E-state index contributed by atoms with van der Waals surface area (Å²) in [5.74, 6) is 0.836. The molecule has 0 radical (unpaired) electrons. The van der Waals surface area contributed by atoms with Crippen molar-refractivity contribution in [1.29, 1.82) is 0 Å². The molecule has 108 valence electrons. The van der Waals surface area contributed by atoms with Crippen LogP contribution in [-0.2, 0) is 0 Å². The van der Waals surface area contributed by atoms with Gasteiger partial charge in [-0.05, 0) is 56.2 Å². The molecule has 4 heteroatoms. The summed E-state index contributed by atoms with van der Waals surface area (Å²) < 4.78 is 2.10. The summed E-state index contributed by atoms with van der Waals surface area (Å²) in [5.41, 5.74) is 5.35. The Morgan fingerprint density at radius 3 is 2.57 bits per heavy atom. The van der Waals surface area contributed by atoms with Gasteiger partial charge in [0, 0.05) is 5.02 Å². The molecule has 0 bridgehead atoms. The monoisotopic (exact) mass is 318 g/mol. The zero-order valence-corrected chi connectivity index (χ0v) is 13.7. The Balaban J connectivity index is 2.39. The van der Waals surface area contributed by atoms with Gasteiger partial charge >= 0.3 is 0 Å². The Morgan fingerprint density at radius 1 is 1.10 bits per heavy atom. The van der Waals surface area contributed by atoms with Crippen LogP contribution in [-0.4, -0.2) is 9.55 Å². The van der Waals surface area contributed by atoms with Gasteiger partial charge in [-0.2, -0.15) is 0 Å². The minimum atomic E-state index is -0.184. The number of nitrogens with zero attached hydrogens (tertiary/aromatic N) is 2. The van der Waals surface area contributed by atoms with Gasteiger partial charge in [-0.1, -0.05) is 23.7 Å². The number of benzene rings is 2. The van der Waals surface area contributed by atoms with Crippen molar-refractivity contribution in [3.05, 3.63) is 58.4 Å². The number of imidazole rings is 1. The van der Waals surface area contributed by atoms with Gasteiger partial charge in [0.05, 0.1) is 22.1 Å². The van der Waals surface area contributed by atoms with E-state index in [1.165, 1.54) is 5.56 Å². The van der Waals surface area contributed by atoms with Crippen molar-refractivity contribution in [2.24, 2.45) is 0 Å². The highest BCUT2D eigenvalue weighted by Gasteiger charge is 2.17. The molecule has 1 unspecified atom stereocenters. The Hall–Kier alpha value is -1.51. The fourth-order valence-corrected chi connectivity index (χ4v) is 2.87. The standard InChI is InChI=1S/C17H16Cl2N2/c1-10-4-7-15-14(8-10)20-17(12(3)18)21(15)16-9-13(19)6-5-11(16)2/h4-9,12H,1-3H3. The predicted molar refractivity (Wildman–Crippen MR) is 89.8 cm³/mol. The van der Waals surface area contributed by atoms with E-state index in [0.29, 0.717) is 5.02 Å². The van der Waals surface area contributed by atoms with E-state index in [1.807, 2.05) is 25.1 Å². The highest BCUT2D eigenvalue weighted by Crippen LogP contribution is 2.31. The average molecular weight is 319 g/mol. The van der Waals surface area contributed by atoms with Gasteiger partial charge in [0.1, 0.15) is 5.82 Å². The molecule has 0 saturated heterocycles. The van der Waals surface area contributed by atoms with Crippen LogP contribution in [0.2, 0.25) is 5.02 Å². The van der Waals surface area contributed by atoms with E-state index < -0.39 is 0 Å². The smallest absolute Gasteiger partial charge is 0.132 e. The van der Waals surface area contributed by atoms with Gasteiger partial charge in [0.15, 0.2) is 0 Å². The molecule has 0 fully saturated rings. The minimum Gasteiger partial charge on any atom is -0.295 e. The summed E-state index contributed by atoms with van der Waals surface area (Å²) in [6.45, 7) is 6.06. The molecule has 0 spiro atoms. The van der Waals surface area contributed by atoms with Crippen LogP contribution < -0.4 is 0 Å². The largest absolute Gasteiger partial charge is 0.295 e. The van der Waals surface area contributed by atoms with Gasteiger partial charge in [0.25, 0.3) is 0 Å². The molecule has 2 aromatic carbocycles. The second-order valence-electron chi connectivity index (χ2n) is 5.34. The molecule has 2 nitrogen and oxygen atoms in total. The quantitative estimate of drug-likeness (QED) is 0.563. The molecule has 3 aromatic rings.